The normalized spacial score (nSPS) is 11.8. The van der Waals surface area contributed by atoms with Crippen molar-refractivity contribution in [2.75, 3.05) is 5.32 Å². The summed E-state index contributed by atoms with van der Waals surface area (Å²) in [6.07, 6.45) is 0. The van der Waals surface area contributed by atoms with Crippen molar-refractivity contribution in [3.05, 3.63) is 83.4 Å². The molecule has 0 saturated heterocycles. The topological polar surface area (TPSA) is 54.9 Å². The van der Waals surface area contributed by atoms with Crippen LogP contribution in [0.1, 0.15) is 22.2 Å². The van der Waals surface area contributed by atoms with E-state index in [1.54, 1.807) is 0 Å². The van der Waals surface area contributed by atoms with Crippen molar-refractivity contribution in [1.29, 1.82) is 0 Å². The maximum atomic E-state index is 13.1. The fraction of sp³-hybridized carbons (Fsp3) is 0.150. The molecule has 132 valence electrons. The lowest BCUT2D eigenvalue weighted by atomic mass is 10.1. The van der Waals surface area contributed by atoms with E-state index in [1.165, 1.54) is 36.0 Å². The number of halogens is 1. The van der Waals surface area contributed by atoms with Crippen molar-refractivity contribution in [2.24, 2.45) is 0 Å². The Morgan fingerprint density at radius 3 is 2.23 bits per heavy atom. The van der Waals surface area contributed by atoms with Crippen molar-refractivity contribution in [3.8, 4) is 0 Å². The van der Waals surface area contributed by atoms with Gasteiger partial charge in [-0.25, -0.2) is 14.4 Å². The van der Waals surface area contributed by atoms with Crippen LogP contribution < -0.4 is 5.32 Å². The van der Waals surface area contributed by atoms with E-state index in [2.05, 4.69) is 15.3 Å². The van der Waals surface area contributed by atoms with Gasteiger partial charge in [0.05, 0.1) is 0 Å². The van der Waals surface area contributed by atoms with Crippen molar-refractivity contribution in [3.63, 3.8) is 0 Å². The second-order valence-electron chi connectivity index (χ2n) is 5.84. The molecule has 6 heteroatoms. The zero-order chi connectivity index (χ0) is 18.5. The molecule has 1 aromatic heterocycles. The lowest BCUT2D eigenvalue weighted by Crippen LogP contribution is -2.19. The maximum Gasteiger partial charge on any atom is 0.242 e. The largest absolute Gasteiger partial charge is 0.325 e. The Bertz CT molecular complexity index is 880. The van der Waals surface area contributed by atoms with Gasteiger partial charge in [-0.05, 0) is 49.7 Å². The van der Waals surface area contributed by atoms with E-state index in [0.717, 1.165) is 17.0 Å². The highest BCUT2D eigenvalue weighted by molar-refractivity contribution is 8.00. The minimum atomic E-state index is -0.526. The predicted molar refractivity (Wildman–Crippen MR) is 102 cm³/mol. The minimum Gasteiger partial charge on any atom is -0.325 e. The number of carbonyl (C=O) groups excluding carboxylic acids is 1. The number of nitrogens with one attached hydrogen (secondary N) is 1. The van der Waals surface area contributed by atoms with Gasteiger partial charge in [-0.1, -0.05) is 42.1 Å². The van der Waals surface area contributed by atoms with Gasteiger partial charge in [0, 0.05) is 17.1 Å². The molecule has 3 rings (SSSR count). The Kier molecular flexibility index (Phi) is 5.63. The highest BCUT2D eigenvalue weighted by Crippen LogP contribution is 2.34. The van der Waals surface area contributed by atoms with E-state index in [4.69, 9.17) is 0 Å². The Labute approximate surface area is 155 Å². The summed E-state index contributed by atoms with van der Waals surface area (Å²) in [7, 11) is 0. The first-order valence-electron chi connectivity index (χ1n) is 8.11. The number of thioether (sulfide) groups is 1. The number of anilines is 1. The molecule has 0 aliphatic heterocycles. The van der Waals surface area contributed by atoms with E-state index in [9.17, 15) is 9.18 Å². The van der Waals surface area contributed by atoms with Crippen molar-refractivity contribution >= 4 is 23.4 Å². The monoisotopic (exact) mass is 367 g/mol. The first kappa shape index (κ1) is 18.1. The van der Waals surface area contributed by atoms with E-state index >= 15 is 0 Å². The van der Waals surface area contributed by atoms with Gasteiger partial charge in [-0.15, -0.1) is 0 Å². The smallest absolute Gasteiger partial charge is 0.242 e. The molecule has 2 aromatic carbocycles. The summed E-state index contributed by atoms with van der Waals surface area (Å²) in [6.45, 7) is 3.80. The predicted octanol–water partition coefficient (Wildman–Crippen LogP) is 4.70. The summed E-state index contributed by atoms with van der Waals surface area (Å²) in [5.74, 6) is -0.559. The molecule has 0 radical (unpaired) electrons. The molecule has 0 saturated carbocycles. The molecule has 4 nitrogen and oxygen atoms in total. The van der Waals surface area contributed by atoms with Gasteiger partial charge in [0.2, 0.25) is 5.91 Å². The molecular weight excluding hydrogens is 349 g/mol. The van der Waals surface area contributed by atoms with Crippen LogP contribution in [0, 0.1) is 19.7 Å². The van der Waals surface area contributed by atoms with Crippen LogP contribution in [-0.4, -0.2) is 15.9 Å². The van der Waals surface area contributed by atoms with E-state index in [0.29, 0.717) is 10.8 Å². The molecule has 0 spiro atoms. The molecule has 0 bridgehead atoms. The molecular formula is C20H18FN3OS. The second-order valence-corrected chi connectivity index (χ2v) is 6.91. The van der Waals surface area contributed by atoms with Crippen molar-refractivity contribution in [2.45, 2.75) is 24.3 Å². The average molecular weight is 367 g/mol. The summed E-state index contributed by atoms with van der Waals surface area (Å²) in [6, 6.07) is 17.0. The summed E-state index contributed by atoms with van der Waals surface area (Å²) in [5, 5.41) is 2.86. The minimum absolute atomic E-state index is 0.212. The second kappa shape index (κ2) is 8.10. The van der Waals surface area contributed by atoms with Gasteiger partial charge >= 0.3 is 0 Å². The zero-order valence-corrected chi connectivity index (χ0v) is 15.3. The molecule has 0 fully saturated rings. The first-order valence-corrected chi connectivity index (χ1v) is 8.99. The average Bonchev–Trinajstić information content (AvgIpc) is 2.61. The van der Waals surface area contributed by atoms with Crippen LogP contribution in [0.25, 0.3) is 0 Å². The highest BCUT2D eigenvalue weighted by Gasteiger charge is 2.23. The molecule has 0 aliphatic rings. The number of benzene rings is 2. The Morgan fingerprint density at radius 1 is 1.00 bits per heavy atom. The summed E-state index contributed by atoms with van der Waals surface area (Å²) < 4.78 is 13.1. The number of carbonyl (C=O) groups is 1. The number of hydrogen-bond acceptors (Lipinski definition) is 4. The fourth-order valence-electron chi connectivity index (χ4n) is 2.49. The third-order valence-electron chi connectivity index (χ3n) is 3.64. The lowest BCUT2D eigenvalue weighted by molar-refractivity contribution is -0.115. The van der Waals surface area contributed by atoms with Crippen LogP contribution in [0.2, 0.25) is 0 Å². The third kappa shape index (κ3) is 4.67. The molecule has 0 aliphatic carbocycles. The number of amides is 1. The van der Waals surface area contributed by atoms with Gasteiger partial charge in [0.1, 0.15) is 11.1 Å². The van der Waals surface area contributed by atoms with Gasteiger partial charge in [-0.3, -0.25) is 4.79 Å². The zero-order valence-electron chi connectivity index (χ0n) is 14.4. The number of rotatable bonds is 5. The Balaban J connectivity index is 1.87. The van der Waals surface area contributed by atoms with Gasteiger partial charge in [0.25, 0.3) is 0 Å². The maximum absolute atomic E-state index is 13.1. The van der Waals surface area contributed by atoms with Crippen LogP contribution in [0.5, 0.6) is 0 Å². The summed E-state index contributed by atoms with van der Waals surface area (Å²) in [5.41, 5.74) is 3.09. The van der Waals surface area contributed by atoms with Gasteiger partial charge in [0.15, 0.2) is 5.16 Å². The van der Waals surface area contributed by atoms with Gasteiger partial charge in [-0.2, -0.15) is 0 Å². The van der Waals surface area contributed by atoms with Crippen LogP contribution in [0.15, 0.2) is 65.8 Å². The number of aromatic nitrogens is 2. The molecule has 1 atom stereocenters. The standard InChI is InChI=1S/C20H18FN3OS/c1-13-12-14(2)23-20(22-13)26-18(15-6-4-3-5-7-15)19(25)24-17-10-8-16(21)9-11-17/h3-12,18H,1-2H3,(H,24,25)/t18-/m1/s1. The lowest BCUT2D eigenvalue weighted by Gasteiger charge is -2.16. The molecule has 26 heavy (non-hydrogen) atoms. The Morgan fingerprint density at radius 2 is 1.62 bits per heavy atom. The number of nitrogens with zero attached hydrogens (tertiary/aromatic N) is 2. The molecule has 1 amide bonds. The highest BCUT2D eigenvalue weighted by atomic mass is 32.2. The first-order chi connectivity index (χ1) is 12.5. The van der Waals surface area contributed by atoms with Crippen LogP contribution in [0.4, 0.5) is 10.1 Å². The SMILES string of the molecule is Cc1cc(C)nc(S[C@@H](C(=O)Nc2ccc(F)cc2)c2ccccc2)n1. The number of hydrogen-bond donors (Lipinski definition) is 1. The van der Waals surface area contributed by atoms with E-state index in [1.807, 2.05) is 50.2 Å². The molecule has 1 heterocycles. The van der Waals surface area contributed by atoms with Gasteiger partial charge < -0.3 is 5.32 Å². The third-order valence-corrected chi connectivity index (χ3v) is 4.75. The van der Waals surface area contributed by atoms with Crippen molar-refractivity contribution in [1.82, 2.24) is 9.97 Å². The van der Waals surface area contributed by atoms with Crippen molar-refractivity contribution < 1.29 is 9.18 Å². The summed E-state index contributed by atoms with van der Waals surface area (Å²) in [4.78, 5) is 21.7. The summed E-state index contributed by atoms with van der Waals surface area (Å²) >= 11 is 1.29. The molecule has 1 N–H and O–H groups in total. The quantitative estimate of drug-likeness (QED) is 0.524. The van der Waals surface area contributed by atoms with E-state index < -0.39 is 5.25 Å². The van der Waals surface area contributed by atoms with Crippen LogP contribution in [-0.2, 0) is 4.79 Å². The number of aryl methyl sites for hydroxylation is 2. The van der Waals surface area contributed by atoms with Crippen LogP contribution in [0.3, 0.4) is 0 Å². The van der Waals surface area contributed by atoms with E-state index in [-0.39, 0.29) is 11.7 Å². The molecule has 3 aromatic rings. The van der Waals surface area contributed by atoms with Crippen LogP contribution >= 0.6 is 11.8 Å². The fourth-order valence-corrected chi connectivity index (χ4v) is 3.56. The Hall–Kier alpha value is -2.73. The molecule has 0 unspecified atom stereocenters.